The number of aryl methyl sites for hydroxylation is 1. The molecule has 3 unspecified atom stereocenters. The molecule has 0 spiro atoms. The van der Waals surface area contributed by atoms with Crippen molar-refractivity contribution in [2.75, 3.05) is 13.1 Å². The molecule has 3 atom stereocenters. The number of hydrogen-bond acceptors (Lipinski definition) is 3. The highest BCUT2D eigenvalue weighted by Gasteiger charge is 2.42. The van der Waals surface area contributed by atoms with Gasteiger partial charge in [0.25, 0.3) is 0 Å². The predicted molar refractivity (Wildman–Crippen MR) is 120 cm³/mol. The average molecular weight is 522 g/mol. The minimum absolute atomic E-state index is 0. The van der Waals surface area contributed by atoms with Gasteiger partial charge in [0.15, 0.2) is 5.96 Å². The summed E-state index contributed by atoms with van der Waals surface area (Å²) in [7, 11) is 1.80. The minimum atomic E-state index is -1.13. The first-order valence-corrected chi connectivity index (χ1v) is 9.40. The molecule has 3 N–H and O–H groups in total. The van der Waals surface area contributed by atoms with Crippen LogP contribution in [0.15, 0.2) is 35.6 Å². The number of hydrogen-bond donors (Lipinski definition) is 3. The number of nitrogens with zero attached hydrogens (tertiary/aromatic N) is 3. The van der Waals surface area contributed by atoms with Crippen LogP contribution in [0, 0.1) is 5.82 Å². The molecule has 0 saturated heterocycles. The van der Waals surface area contributed by atoms with Crippen LogP contribution >= 0.6 is 35.6 Å². The van der Waals surface area contributed by atoms with Crippen LogP contribution in [0.4, 0.5) is 4.39 Å². The Labute approximate surface area is 186 Å². The van der Waals surface area contributed by atoms with Crippen molar-refractivity contribution in [3.05, 3.63) is 52.6 Å². The maximum absolute atomic E-state index is 14.1. The van der Waals surface area contributed by atoms with E-state index in [1.54, 1.807) is 43.2 Å². The van der Waals surface area contributed by atoms with Gasteiger partial charge in [0.2, 0.25) is 0 Å². The number of aliphatic hydroxyl groups is 1. The summed E-state index contributed by atoms with van der Waals surface area (Å²) in [6, 6.07) is 4.80. The van der Waals surface area contributed by atoms with E-state index < -0.39 is 5.60 Å². The van der Waals surface area contributed by atoms with Crippen molar-refractivity contribution in [3.8, 4) is 0 Å². The second-order valence-corrected chi connectivity index (χ2v) is 7.51. The topological polar surface area (TPSA) is 74.5 Å². The number of benzene rings is 1. The molecule has 1 aliphatic carbocycles. The summed E-state index contributed by atoms with van der Waals surface area (Å²) in [6.45, 7) is 4.52. The number of halogens is 3. The number of aromatic nitrogens is 2. The van der Waals surface area contributed by atoms with Crippen LogP contribution in [0.25, 0.3) is 0 Å². The Morgan fingerprint density at radius 3 is 2.86 bits per heavy atom. The van der Waals surface area contributed by atoms with Gasteiger partial charge in [0, 0.05) is 47.9 Å². The van der Waals surface area contributed by atoms with E-state index in [1.165, 1.54) is 6.07 Å². The maximum atomic E-state index is 14.1. The standard InChI is InChI=1S/C19H25ClFN5O.HI/c1-4-22-18(23-11-19(2,27)12-9-24-26(3)10-12)25-16-8-13(16)17-14(20)6-5-7-15(17)21;/h5-7,9-10,13,16,27H,4,8,11H2,1-3H3,(H2,22,23,25);1H. The Hall–Kier alpha value is -1.39. The van der Waals surface area contributed by atoms with Gasteiger partial charge < -0.3 is 15.7 Å². The zero-order valence-corrected chi connectivity index (χ0v) is 19.2. The molecular weight excluding hydrogens is 496 g/mol. The summed E-state index contributed by atoms with van der Waals surface area (Å²) in [4.78, 5) is 4.50. The van der Waals surface area contributed by atoms with Crippen molar-refractivity contribution < 1.29 is 9.50 Å². The first kappa shape index (κ1) is 22.9. The lowest BCUT2D eigenvalue weighted by atomic mass is 10.0. The molecule has 0 amide bonds. The summed E-state index contributed by atoms with van der Waals surface area (Å²) in [5.74, 6) is 0.321. The van der Waals surface area contributed by atoms with Gasteiger partial charge in [-0.2, -0.15) is 5.10 Å². The molecule has 154 valence electrons. The Balaban J connectivity index is 0.00000280. The van der Waals surface area contributed by atoms with Crippen LogP contribution in [0.2, 0.25) is 5.02 Å². The first-order chi connectivity index (χ1) is 12.8. The second kappa shape index (κ2) is 9.41. The lowest BCUT2D eigenvalue weighted by Gasteiger charge is -2.20. The number of aliphatic imine (C=N–C) groups is 1. The van der Waals surface area contributed by atoms with E-state index >= 15 is 0 Å². The molecule has 2 aromatic rings. The number of nitrogens with one attached hydrogen (secondary N) is 2. The predicted octanol–water partition coefficient (Wildman–Crippen LogP) is 3.15. The van der Waals surface area contributed by atoms with Crippen molar-refractivity contribution in [1.29, 1.82) is 0 Å². The summed E-state index contributed by atoms with van der Waals surface area (Å²) in [5, 5.41) is 21.7. The third-order valence-electron chi connectivity index (χ3n) is 4.70. The maximum Gasteiger partial charge on any atom is 0.191 e. The highest BCUT2D eigenvalue weighted by atomic mass is 127. The Morgan fingerprint density at radius 1 is 1.50 bits per heavy atom. The zero-order valence-electron chi connectivity index (χ0n) is 16.1. The Kier molecular flexibility index (Phi) is 7.69. The molecule has 9 heteroatoms. The largest absolute Gasteiger partial charge is 0.383 e. The van der Waals surface area contributed by atoms with E-state index in [0.29, 0.717) is 28.7 Å². The van der Waals surface area contributed by atoms with Crippen LogP contribution < -0.4 is 10.6 Å². The molecule has 6 nitrogen and oxygen atoms in total. The quantitative estimate of drug-likeness (QED) is 0.310. The first-order valence-electron chi connectivity index (χ1n) is 9.02. The Morgan fingerprint density at radius 2 is 2.25 bits per heavy atom. The molecule has 0 aliphatic heterocycles. The van der Waals surface area contributed by atoms with E-state index in [4.69, 9.17) is 11.6 Å². The molecule has 1 fully saturated rings. The van der Waals surface area contributed by atoms with Gasteiger partial charge in [-0.15, -0.1) is 24.0 Å². The van der Waals surface area contributed by atoms with Crippen LogP contribution in [0.3, 0.4) is 0 Å². The van der Waals surface area contributed by atoms with E-state index in [1.807, 2.05) is 6.92 Å². The van der Waals surface area contributed by atoms with Crippen LogP contribution in [-0.4, -0.2) is 40.0 Å². The van der Waals surface area contributed by atoms with Crippen molar-refractivity contribution in [2.45, 2.75) is 37.8 Å². The SMILES string of the molecule is CCNC(=NCC(C)(O)c1cnn(C)c1)NC1CC1c1c(F)cccc1Cl.I. The smallest absolute Gasteiger partial charge is 0.191 e. The van der Waals surface area contributed by atoms with Crippen molar-refractivity contribution in [1.82, 2.24) is 20.4 Å². The highest BCUT2D eigenvalue weighted by molar-refractivity contribution is 14.0. The lowest BCUT2D eigenvalue weighted by Crippen LogP contribution is -2.40. The average Bonchev–Trinajstić information content (AvgIpc) is 3.19. The van der Waals surface area contributed by atoms with E-state index in [0.717, 1.165) is 6.42 Å². The molecule has 0 radical (unpaired) electrons. The summed E-state index contributed by atoms with van der Waals surface area (Å²) >= 11 is 6.16. The summed E-state index contributed by atoms with van der Waals surface area (Å²) in [6.07, 6.45) is 4.18. The third kappa shape index (κ3) is 5.36. The summed E-state index contributed by atoms with van der Waals surface area (Å²) < 4.78 is 15.7. The van der Waals surface area contributed by atoms with E-state index in [2.05, 4.69) is 20.7 Å². The van der Waals surface area contributed by atoms with Crippen molar-refractivity contribution in [3.63, 3.8) is 0 Å². The Bertz CT molecular complexity index is 821. The molecule has 28 heavy (non-hydrogen) atoms. The fourth-order valence-corrected chi connectivity index (χ4v) is 3.36. The van der Waals surface area contributed by atoms with Crippen LogP contribution in [0.1, 0.15) is 37.3 Å². The molecule has 1 aromatic heterocycles. The molecule has 1 aliphatic rings. The van der Waals surface area contributed by atoms with Gasteiger partial charge >= 0.3 is 0 Å². The molecule has 3 rings (SSSR count). The molecule has 1 heterocycles. The zero-order chi connectivity index (χ0) is 19.6. The molecule has 1 aromatic carbocycles. The normalized spacial score (nSPS) is 20.9. The molecule has 1 saturated carbocycles. The van der Waals surface area contributed by atoms with Crippen LogP contribution in [-0.2, 0) is 12.6 Å². The van der Waals surface area contributed by atoms with E-state index in [9.17, 15) is 9.50 Å². The van der Waals surface area contributed by atoms with Gasteiger partial charge in [0.05, 0.1) is 12.7 Å². The van der Waals surface area contributed by atoms with Crippen LogP contribution in [0.5, 0.6) is 0 Å². The second-order valence-electron chi connectivity index (χ2n) is 7.10. The van der Waals surface area contributed by atoms with Gasteiger partial charge in [-0.1, -0.05) is 17.7 Å². The number of rotatable bonds is 6. The third-order valence-corrected chi connectivity index (χ3v) is 5.03. The van der Waals surface area contributed by atoms with Gasteiger partial charge in [-0.3, -0.25) is 4.68 Å². The minimum Gasteiger partial charge on any atom is -0.383 e. The fourth-order valence-electron chi connectivity index (χ4n) is 3.06. The summed E-state index contributed by atoms with van der Waals surface area (Å²) in [5.41, 5.74) is 0.121. The van der Waals surface area contributed by atoms with E-state index in [-0.39, 0.29) is 48.3 Å². The highest BCUT2D eigenvalue weighted by Crippen LogP contribution is 2.44. The van der Waals surface area contributed by atoms with Gasteiger partial charge in [-0.05, 0) is 32.4 Å². The van der Waals surface area contributed by atoms with Gasteiger partial charge in [-0.25, -0.2) is 9.38 Å². The number of guanidine groups is 1. The molecular formula is C19H26ClFIN5O. The fraction of sp³-hybridized carbons (Fsp3) is 0.474. The lowest BCUT2D eigenvalue weighted by molar-refractivity contribution is 0.0671. The van der Waals surface area contributed by atoms with Gasteiger partial charge in [0.1, 0.15) is 11.4 Å². The monoisotopic (exact) mass is 521 g/mol. The van der Waals surface area contributed by atoms with Crippen molar-refractivity contribution >= 4 is 41.5 Å². The van der Waals surface area contributed by atoms with Crippen molar-refractivity contribution in [2.24, 2.45) is 12.0 Å². The molecule has 0 bridgehead atoms.